The van der Waals surface area contributed by atoms with Gasteiger partial charge >= 0.3 is 0 Å². The van der Waals surface area contributed by atoms with E-state index in [-0.39, 0.29) is 6.54 Å². The molecule has 2 aromatic carbocycles. The van der Waals surface area contributed by atoms with Crippen LogP contribution in [0, 0.1) is 0 Å². The Morgan fingerprint density at radius 3 is 2.67 bits per heavy atom. The van der Waals surface area contributed by atoms with E-state index < -0.39 is 0 Å². The van der Waals surface area contributed by atoms with Crippen molar-refractivity contribution in [2.45, 2.75) is 0 Å². The molecule has 5 heteroatoms. The average molecular weight is 344 g/mol. The van der Waals surface area contributed by atoms with Crippen molar-refractivity contribution in [3.05, 3.63) is 69.1 Å². The number of hydroxylamine groups is 2. The fraction of sp³-hybridized carbons (Fsp3) is 0.125. The summed E-state index contributed by atoms with van der Waals surface area (Å²) in [6.45, 7) is 0.257. The molecule has 0 saturated heterocycles. The highest BCUT2D eigenvalue weighted by molar-refractivity contribution is 9.10. The molecule has 0 spiro atoms. The first-order valence-electron chi connectivity index (χ1n) is 6.55. The van der Waals surface area contributed by atoms with Gasteiger partial charge in [-0.15, -0.1) is 0 Å². The molecule has 1 heterocycles. The van der Waals surface area contributed by atoms with Crippen molar-refractivity contribution in [1.82, 2.24) is 5.06 Å². The van der Waals surface area contributed by atoms with Gasteiger partial charge in [-0.1, -0.05) is 46.3 Å². The van der Waals surface area contributed by atoms with Gasteiger partial charge in [-0.3, -0.25) is 10.2 Å². The van der Waals surface area contributed by atoms with Crippen LogP contribution in [0.15, 0.2) is 63.0 Å². The van der Waals surface area contributed by atoms with Crippen LogP contribution in [0.4, 0.5) is 0 Å². The highest BCUT2D eigenvalue weighted by Crippen LogP contribution is 2.16. The van der Waals surface area contributed by atoms with Gasteiger partial charge in [-0.05, 0) is 18.2 Å². The molecule has 3 rings (SSSR count). The van der Waals surface area contributed by atoms with Gasteiger partial charge in [0.25, 0.3) is 0 Å². The van der Waals surface area contributed by atoms with E-state index in [1.807, 2.05) is 48.5 Å². The quantitative estimate of drug-likeness (QED) is 0.860. The second-order valence-electron chi connectivity index (χ2n) is 4.69. The van der Waals surface area contributed by atoms with Crippen LogP contribution in [0.3, 0.4) is 0 Å². The van der Waals surface area contributed by atoms with Crippen molar-refractivity contribution in [3.8, 4) is 0 Å². The number of hydrogen-bond donors (Lipinski definition) is 1. The van der Waals surface area contributed by atoms with Crippen molar-refractivity contribution >= 4 is 27.5 Å². The second-order valence-corrected chi connectivity index (χ2v) is 5.60. The average Bonchev–Trinajstić information content (AvgIpc) is 2.63. The van der Waals surface area contributed by atoms with Gasteiger partial charge in [0.2, 0.25) is 0 Å². The summed E-state index contributed by atoms with van der Waals surface area (Å²) in [7, 11) is 1.68. The predicted molar refractivity (Wildman–Crippen MR) is 85.7 cm³/mol. The van der Waals surface area contributed by atoms with E-state index in [1.54, 1.807) is 7.05 Å². The van der Waals surface area contributed by atoms with E-state index in [4.69, 9.17) is 0 Å². The Balaban J connectivity index is 2.42. The molecule has 0 unspecified atom stereocenters. The smallest absolute Gasteiger partial charge is 0.145 e. The van der Waals surface area contributed by atoms with Crippen LogP contribution in [0.5, 0.6) is 0 Å². The Hall–Kier alpha value is -1.98. The summed E-state index contributed by atoms with van der Waals surface area (Å²) < 4.78 is 0.940. The molecule has 0 amide bonds. The molecule has 1 N–H and O–H groups in total. The van der Waals surface area contributed by atoms with Gasteiger partial charge in [-0.25, -0.2) is 10.1 Å². The van der Waals surface area contributed by atoms with E-state index >= 15 is 0 Å². The summed E-state index contributed by atoms with van der Waals surface area (Å²) in [5.74, 6) is 0.590. The molecule has 0 aliphatic carbocycles. The molecular formula is C16H14BrN3O. The molecule has 0 fully saturated rings. The first-order chi connectivity index (χ1) is 10.2. The van der Waals surface area contributed by atoms with Crippen molar-refractivity contribution in [1.29, 1.82) is 0 Å². The van der Waals surface area contributed by atoms with Crippen LogP contribution in [0.2, 0.25) is 0 Å². The fourth-order valence-electron chi connectivity index (χ4n) is 2.34. The molecule has 1 aliphatic rings. The third-order valence-electron chi connectivity index (χ3n) is 3.32. The third kappa shape index (κ3) is 2.75. The van der Waals surface area contributed by atoms with Crippen LogP contribution in [0.25, 0.3) is 5.70 Å². The van der Waals surface area contributed by atoms with E-state index in [1.165, 1.54) is 5.06 Å². The topological polar surface area (TPSA) is 48.2 Å². The summed E-state index contributed by atoms with van der Waals surface area (Å²) in [5, 5.41) is 13.4. The zero-order valence-corrected chi connectivity index (χ0v) is 13.1. The van der Waals surface area contributed by atoms with E-state index in [0.717, 1.165) is 26.3 Å². The fourth-order valence-corrected chi connectivity index (χ4v) is 2.70. The van der Waals surface area contributed by atoms with Crippen molar-refractivity contribution in [2.24, 2.45) is 9.98 Å². The number of nitrogens with zero attached hydrogens (tertiary/aromatic N) is 3. The highest BCUT2D eigenvalue weighted by Gasteiger charge is 2.16. The van der Waals surface area contributed by atoms with Gasteiger partial charge in [-0.2, -0.15) is 0 Å². The highest BCUT2D eigenvalue weighted by atomic mass is 79.9. The predicted octanol–water partition coefficient (Wildman–Crippen LogP) is 1.96. The maximum absolute atomic E-state index is 10.5. The molecule has 0 saturated carbocycles. The Kier molecular flexibility index (Phi) is 3.86. The monoisotopic (exact) mass is 343 g/mol. The lowest BCUT2D eigenvalue weighted by molar-refractivity contribution is -0.0119. The minimum Gasteiger partial charge on any atom is -0.288 e. The second kappa shape index (κ2) is 5.79. The Bertz CT molecular complexity index is 815. The van der Waals surface area contributed by atoms with Crippen LogP contribution in [0.1, 0.15) is 5.56 Å². The number of hydrogen-bond acceptors (Lipinski definition) is 3. The summed E-state index contributed by atoms with van der Waals surface area (Å²) in [5.41, 5.74) is 1.67. The molecule has 21 heavy (non-hydrogen) atoms. The molecule has 0 aromatic heterocycles. The molecule has 106 valence electrons. The first-order valence-corrected chi connectivity index (χ1v) is 7.34. The summed E-state index contributed by atoms with van der Waals surface area (Å²) in [6, 6.07) is 15.6. The first kappa shape index (κ1) is 14.0. The lowest BCUT2D eigenvalue weighted by Crippen LogP contribution is -2.31. The normalized spacial score (nSPS) is 16.4. The van der Waals surface area contributed by atoms with Crippen LogP contribution in [-0.4, -0.2) is 29.7 Å². The van der Waals surface area contributed by atoms with Crippen LogP contribution in [-0.2, 0) is 0 Å². The SMILES string of the molecule is CN=C1CN(O)C(c2ccccc2)=c2cc(Br)ccc2=N1. The zero-order valence-electron chi connectivity index (χ0n) is 11.5. The van der Waals surface area contributed by atoms with E-state index in [2.05, 4.69) is 25.9 Å². The molecule has 0 radical (unpaired) electrons. The van der Waals surface area contributed by atoms with Gasteiger partial charge in [0.05, 0.1) is 11.1 Å². The molecule has 4 nitrogen and oxygen atoms in total. The van der Waals surface area contributed by atoms with Crippen LogP contribution < -0.4 is 10.6 Å². The lowest BCUT2D eigenvalue weighted by atomic mass is 10.1. The summed E-state index contributed by atoms with van der Waals surface area (Å²) in [4.78, 5) is 8.66. The van der Waals surface area contributed by atoms with Gasteiger partial charge in [0.1, 0.15) is 12.4 Å². The van der Waals surface area contributed by atoms with Gasteiger partial charge < -0.3 is 0 Å². The van der Waals surface area contributed by atoms with Crippen molar-refractivity contribution in [3.63, 3.8) is 0 Å². The standard InChI is InChI=1S/C16H14BrN3O/c1-18-15-10-20(21)16(11-5-3-2-4-6-11)13-9-12(17)7-8-14(13)19-15/h2-9,21H,10H2,1H3. The minimum atomic E-state index is 0.257. The number of amidine groups is 1. The van der Waals surface area contributed by atoms with Crippen LogP contribution >= 0.6 is 15.9 Å². The number of rotatable bonds is 1. The number of aliphatic imine (C=N–C) groups is 1. The van der Waals surface area contributed by atoms with E-state index in [9.17, 15) is 5.21 Å². The number of halogens is 1. The molecule has 2 aromatic rings. The molecule has 0 atom stereocenters. The Labute approximate surface area is 130 Å². The number of benzene rings is 2. The zero-order chi connectivity index (χ0) is 14.8. The minimum absolute atomic E-state index is 0.257. The van der Waals surface area contributed by atoms with E-state index in [0.29, 0.717) is 5.84 Å². The van der Waals surface area contributed by atoms with Crippen molar-refractivity contribution < 1.29 is 5.21 Å². The van der Waals surface area contributed by atoms with Crippen molar-refractivity contribution in [2.75, 3.05) is 13.6 Å². The largest absolute Gasteiger partial charge is 0.288 e. The third-order valence-corrected chi connectivity index (χ3v) is 3.81. The summed E-state index contributed by atoms with van der Waals surface area (Å²) in [6.07, 6.45) is 0. The molecular weight excluding hydrogens is 330 g/mol. The summed E-state index contributed by atoms with van der Waals surface area (Å²) >= 11 is 3.48. The molecule has 1 aliphatic heterocycles. The Morgan fingerprint density at radius 2 is 1.95 bits per heavy atom. The maximum atomic E-state index is 10.5. The van der Waals surface area contributed by atoms with Gasteiger partial charge in [0, 0.05) is 22.3 Å². The maximum Gasteiger partial charge on any atom is 0.145 e. The molecule has 0 bridgehead atoms. The number of fused-ring (bicyclic) bond motifs is 1. The Morgan fingerprint density at radius 1 is 1.19 bits per heavy atom. The lowest BCUT2D eigenvalue weighted by Gasteiger charge is -2.19. The van der Waals surface area contributed by atoms with Gasteiger partial charge in [0.15, 0.2) is 0 Å².